The second-order valence-corrected chi connectivity index (χ2v) is 5.19. The van der Waals surface area contributed by atoms with Crippen LogP contribution in [0.3, 0.4) is 0 Å². The van der Waals surface area contributed by atoms with Crippen LogP contribution >= 0.6 is 15.9 Å². The molecule has 0 fully saturated rings. The minimum Gasteiger partial charge on any atom is -0.496 e. The first-order valence-electron chi connectivity index (χ1n) is 6.30. The zero-order valence-electron chi connectivity index (χ0n) is 10.6. The number of unbranched alkanes of at least 4 members (excludes halogenated alkanes) is 1. The van der Waals surface area contributed by atoms with Crippen molar-refractivity contribution in [3.8, 4) is 5.75 Å². The van der Waals surface area contributed by atoms with E-state index in [9.17, 15) is 4.79 Å². The average Bonchev–Trinajstić information content (AvgIpc) is 2.40. The fraction of sp³-hybridized carbons (Fsp3) is 0.500. The van der Waals surface area contributed by atoms with Gasteiger partial charge in [-0.1, -0.05) is 22.0 Å². The highest BCUT2D eigenvalue weighted by Gasteiger charge is 2.25. The van der Waals surface area contributed by atoms with Crippen LogP contribution in [0, 0.1) is 0 Å². The van der Waals surface area contributed by atoms with Gasteiger partial charge in [-0.2, -0.15) is 0 Å². The fourth-order valence-corrected chi connectivity index (χ4v) is 2.76. The molecule has 0 bridgehead atoms. The maximum absolute atomic E-state index is 12.0. The van der Waals surface area contributed by atoms with Crippen LogP contribution in [0.1, 0.15) is 24.8 Å². The summed E-state index contributed by atoms with van der Waals surface area (Å²) in [4.78, 5) is 13.9. The van der Waals surface area contributed by atoms with Crippen LogP contribution in [0.15, 0.2) is 18.2 Å². The Bertz CT molecular complexity index is 434. The molecule has 0 saturated carbocycles. The molecule has 98 valence electrons. The number of hydrogen-bond acceptors (Lipinski definition) is 2. The van der Waals surface area contributed by atoms with E-state index in [2.05, 4.69) is 15.9 Å². The van der Waals surface area contributed by atoms with Crippen LogP contribution in [-0.4, -0.2) is 24.9 Å². The summed E-state index contributed by atoms with van der Waals surface area (Å²) < 4.78 is 5.38. The van der Waals surface area contributed by atoms with Gasteiger partial charge in [0.2, 0.25) is 5.91 Å². The molecule has 1 heterocycles. The predicted molar refractivity (Wildman–Crippen MR) is 76.7 cm³/mol. The van der Waals surface area contributed by atoms with E-state index in [4.69, 9.17) is 4.74 Å². The molecule has 0 atom stereocenters. The number of carbonyl (C=O) groups excluding carboxylic acids is 1. The van der Waals surface area contributed by atoms with Gasteiger partial charge in [0.15, 0.2) is 0 Å². The topological polar surface area (TPSA) is 29.5 Å². The van der Waals surface area contributed by atoms with Gasteiger partial charge in [-0.15, -0.1) is 0 Å². The first-order chi connectivity index (χ1) is 8.77. The van der Waals surface area contributed by atoms with Crippen molar-refractivity contribution in [1.29, 1.82) is 0 Å². The Labute approximate surface area is 116 Å². The number of fused-ring (bicyclic) bond motifs is 1. The van der Waals surface area contributed by atoms with Crippen molar-refractivity contribution in [3.05, 3.63) is 23.8 Å². The van der Waals surface area contributed by atoms with Gasteiger partial charge in [0.1, 0.15) is 5.75 Å². The van der Waals surface area contributed by atoms with Gasteiger partial charge in [-0.25, -0.2) is 0 Å². The lowest BCUT2D eigenvalue weighted by Crippen LogP contribution is -2.36. The van der Waals surface area contributed by atoms with Crippen LogP contribution in [0.4, 0.5) is 5.69 Å². The summed E-state index contributed by atoms with van der Waals surface area (Å²) in [6.45, 7) is 0.796. The van der Waals surface area contributed by atoms with Crippen LogP contribution < -0.4 is 9.64 Å². The number of halogens is 1. The number of rotatable bonds is 5. The molecule has 1 aromatic carbocycles. The number of alkyl halides is 1. The average molecular weight is 312 g/mol. The van der Waals surface area contributed by atoms with E-state index < -0.39 is 0 Å². The number of hydrogen-bond donors (Lipinski definition) is 0. The molecular formula is C14H18BrNO2. The highest BCUT2D eigenvalue weighted by molar-refractivity contribution is 9.09. The highest BCUT2D eigenvalue weighted by atomic mass is 79.9. The molecule has 1 aliphatic rings. The molecule has 0 aliphatic carbocycles. The normalized spacial score (nSPS) is 14.6. The number of benzene rings is 1. The van der Waals surface area contributed by atoms with Crippen molar-refractivity contribution < 1.29 is 9.53 Å². The monoisotopic (exact) mass is 311 g/mol. The Morgan fingerprint density at radius 1 is 1.33 bits per heavy atom. The first-order valence-corrected chi connectivity index (χ1v) is 7.42. The van der Waals surface area contributed by atoms with Crippen LogP contribution in [-0.2, 0) is 11.2 Å². The van der Waals surface area contributed by atoms with E-state index in [-0.39, 0.29) is 5.91 Å². The third kappa shape index (κ3) is 2.69. The van der Waals surface area contributed by atoms with Crippen molar-refractivity contribution in [2.45, 2.75) is 25.7 Å². The maximum Gasteiger partial charge on any atom is 0.227 e. The van der Waals surface area contributed by atoms with Crippen LogP contribution in [0.25, 0.3) is 0 Å². The summed E-state index contributed by atoms with van der Waals surface area (Å²) in [6, 6.07) is 5.93. The molecule has 4 heteroatoms. The second-order valence-electron chi connectivity index (χ2n) is 4.40. The number of nitrogens with zero attached hydrogens (tertiary/aromatic N) is 1. The molecule has 1 aromatic rings. The van der Waals surface area contributed by atoms with Gasteiger partial charge in [-0.3, -0.25) is 4.79 Å². The smallest absolute Gasteiger partial charge is 0.227 e. The Morgan fingerprint density at radius 3 is 2.89 bits per heavy atom. The summed E-state index contributed by atoms with van der Waals surface area (Å²) in [6.07, 6.45) is 3.48. The summed E-state index contributed by atoms with van der Waals surface area (Å²) in [7, 11) is 1.68. The number of ether oxygens (including phenoxy) is 1. The summed E-state index contributed by atoms with van der Waals surface area (Å²) >= 11 is 3.42. The van der Waals surface area contributed by atoms with Gasteiger partial charge in [-0.05, 0) is 31.4 Å². The number of amides is 1. The minimum absolute atomic E-state index is 0.227. The van der Waals surface area contributed by atoms with Crippen LogP contribution in [0.5, 0.6) is 5.75 Å². The zero-order valence-corrected chi connectivity index (χ0v) is 12.2. The molecule has 0 radical (unpaired) electrons. The van der Waals surface area contributed by atoms with E-state index in [0.717, 1.165) is 42.6 Å². The molecule has 1 aliphatic heterocycles. The molecule has 1 amide bonds. The summed E-state index contributed by atoms with van der Waals surface area (Å²) in [5.41, 5.74) is 2.19. The third-order valence-corrected chi connectivity index (χ3v) is 3.84. The first kappa shape index (κ1) is 13.4. The van der Waals surface area contributed by atoms with Crippen molar-refractivity contribution in [2.75, 3.05) is 23.9 Å². The van der Waals surface area contributed by atoms with Gasteiger partial charge in [0, 0.05) is 23.9 Å². The fourth-order valence-electron chi connectivity index (χ4n) is 2.36. The van der Waals surface area contributed by atoms with E-state index >= 15 is 0 Å². The zero-order chi connectivity index (χ0) is 13.0. The van der Waals surface area contributed by atoms with E-state index in [1.165, 1.54) is 5.56 Å². The molecule has 0 spiro atoms. The van der Waals surface area contributed by atoms with E-state index in [1.807, 2.05) is 23.1 Å². The quantitative estimate of drug-likeness (QED) is 0.617. The Balaban J connectivity index is 2.24. The SMILES string of the molecule is COc1cccc2c1CCC(=O)N2CCCCBr. The van der Waals surface area contributed by atoms with Crippen molar-refractivity contribution >= 4 is 27.5 Å². The lowest BCUT2D eigenvalue weighted by Gasteiger charge is -2.30. The molecule has 0 unspecified atom stereocenters. The number of carbonyl (C=O) groups is 1. The Kier molecular flexibility index (Phi) is 4.64. The molecular weight excluding hydrogens is 294 g/mol. The molecule has 3 nitrogen and oxygen atoms in total. The minimum atomic E-state index is 0.227. The maximum atomic E-state index is 12.0. The number of anilines is 1. The lowest BCUT2D eigenvalue weighted by molar-refractivity contribution is -0.118. The van der Waals surface area contributed by atoms with Crippen molar-refractivity contribution in [1.82, 2.24) is 0 Å². The highest BCUT2D eigenvalue weighted by Crippen LogP contribution is 2.34. The van der Waals surface area contributed by atoms with Gasteiger partial charge in [0.05, 0.1) is 12.8 Å². The third-order valence-electron chi connectivity index (χ3n) is 3.27. The molecule has 0 saturated heterocycles. The molecule has 18 heavy (non-hydrogen) atoms. The van der Waals surface area contributed by atoms with Gasteiger partial charge >= 0.3 is 0 Å². The van der Waals surface area contributed by atoms with Crippen molar-refractivity contribution in [2.24, 2.45) is 0 Å². The molecule has 0 aromatic heterocycles. The van der Waals surface area contributed by atoms with Crippen LogP contribution in [0.2, 0.25) is 0 Å². The predicted octanol–water partition coefficient (Wildman–Crippen LogP) is 3.15. The Morgan fingerprint density at radius 2 is 2.17 bits per heavy atom. The molecule has 2 rings (SSSR count). The Hall–Kier alpha value is -1.03. The summed E-state index contributed by atoms with van der Waals surface area (Å²) in [5, 5.41) is 0.986. The summed E-state index contributed by atoms with van der Waals surface area (Å²) in [5.74, 6) is 1.12. The standard InChI is InChI=1S/C14H18BrNO2/c1-18-13-6-4-5-12-11(13)7-8-14(17)16(12)10-3-2-9-15/h4-6H,2-3,7-10H2,1H3. The van der Waals surface area contributed by atoms with Gasteiger partial charge < -0.3 is 9.64 Å². The van der Waals surface area contributed by atoms with Gasteiger partial charge in [0.25, 0.3) is 0 Å². The van der Waals surface area contributed by atoms with E-state index in [0.29, 0.717) is 6.42 Å². The largest absolute Gasteiger partial charge is 0.496 e. The second kappa shape index (κ2) is 6.23. The van der Waals surface area contributed by atoms with E-state index in [1.54, 1.807) is 7.11 Å². The van der Waals surface area contributed by atoms with Crippen molar-refractivity contribution in [3.63, 3.8) is 0 Å². The number of methoxy groups -OCH3 is 1. The molecule has 0 N–H and O–H groups in total. The lowest BCUT2D eigenvalue weighted by atomic mass is 9.99.